The molecule has 1 aromatic carbocycles. The second kappa shape index (κ2) is 8.17. The van der Waals surface area contributed by atoms with Crippen LogP contribution in [-0.2, 0) is 0 Å². The number of hydrogen-bond donors (Lipinski definition) is 0. The molecule has 3 aromatic rings. The minimum Gasteiger partial charge on any atom is -0.435 e. The van der Waals surface area contributed by atoms with Gasteiger partial charge in [-0.25, -0.2) is 4.68 Å². The van der Waals surface area contributed by atoms with Crippen LogP contribution in [0.2, 0.25) is 0 Å². The Morgan fingerprint density at radius 2 is 2.00 bits per heavy atom. The normalized spacial score (nSPS) is 12.4. The monoisotopic (exact) mass is 379 g/mol. The molecule has 0 aliphatic rings. The van der Waals surface area contributed by atoms with E-state index in [1.807, 2.05) is 29.1 Å². The van der Waals surface area contributed by atoms with Gasteiger partial charge >= 0.3 is 6.61 Å². The van der Waals surface area contributed by atoms with Crippen LogP contribution in [0.4, 0.5) is 8.78 Å². The summed E-state index contributed by atoms with van der Waals surface area (Å²) in [5.74, 6) is 0.126. The van der Waals surface area contributed by atoms with Gasteiger partial charge in [-0.05, 0) is 48.0 Å². The minimum absolute atomic E-state index is 0.126. The van der Waals surface area contributed by atoms with Crippen molar-refractivity contribution in [2.75, 3.05) is 6.54 Å². The quantitative estimate of drug-likeness (QED) is 0.573. The predicted octanol–water partition coefficient (Wildman–Crippen LogP) is 4.68. The molecule has 0 radical (unpaired) electrons. The van der Waals surface area contributed by atoms with Crippen LogP contribution in [0.5, 0.6) is 5.75 Å². The first-order valence-corrected chi connectivity index (χ1v) is 9.32. The number of alkyl halides is 2. The van der Waals surface area contributed by atoms with E-state index in [-0.39, 0.29) is 5.75 Å². The number of thiophene rings is 1. The number of hydrogen-bond acceptors (Lipinski definition) is 5. The van der Waals surface area contributed by atoms with E-state index in [4.69, 9.17) is 0 Å². The first-order valence-electron chi connectivity index (χ1n) is 7.50. The Morgan fingerprint density at radius 1 is 1.20 bits per heavy atom. The van der Waals surface area contributed by atoms with Crippen LogP contribution < -0.4 is 9.54 Å². The summed E-state index contributed by atoms with van der Waals surface area (Å²) in [5, 5.41) is 10.5. The summed E-state index contributed by atoms with van der Waals surface area (Å²) in [7, 11) is 0. The lowest BCUT2D eigenvalue weighted by Gasteiger charge is -2.06. The highest BCUT2D eigenvalue weighted by Gasteiger charge is 2.09. The highest BCUT2D eigenvalue weighted by atomic mass is 32.1. The van der Waals surface area contributed by atoms with Gasteiger partial charge in [-0.3, -0.25) is 4.99 Å². The fraction of sp³-hybridized carbons (Fsp3) is 0.176. The third-order valence-corrected chi connectivity index (χ3v) is 4.77. The zero-order valence-electron chi connectivity index (χ0n) is 13.3. The average Bonchev–Trinajstić information content (AvgIpc) is 3.23. The number of halogens is 2. The Labute approximate surface area is 151 Å². The molecule has 0 unspecified atom stereocenters. The van der Waals surface area contributed by atoms with Crippen LogP contribution in [0.25, 0.3) is 11.3 Å². The van der Waals surface area contributed by atoms with Gasteiger partial charge in [0.05, 0.1) is 11.9 Å². The summed E-state index contributed by atoms with van der Waals surface area (Å²) in [6.07, 6.45) is 1.77. The van der Waals surface area contributed by atoms with Crippen molar-refractivity contribution >= 4 is 28.9 Å². The van der Waals surface area contributed by atoms with Gasteiger partial charge < -0.3 is 4.74 Å². The lowest BCUT2D eigenvalue weighted by Crippen LogP contribution is -2.12. The van der Waals surface area contributed by atoms with E-state index in [9.17, 15) is 8.78 Å². The molecule has 2 aromatic heterocycles. The fourth-order valence-electron chi connectivity index (χ4n) is 2.13. The first-order chi connectivity index (χ1) is 12.2. The molecule has 0 bridgehead atoms. The van der Waals surface area contributed by atoms with Crippen molar-refractivity contribution in [1.29, 1.82) is 0 Å². The van der Waals surface area contributed by atoms with Crippen LogP contribution in [0.1, 0.15) is 12.5 Å². The number of ether oxygens (including phenoxy) is 1. The van der Waals surface area contributed by atoms with Gasteiger partial charge in [0.25, 0.3) is 0 Å². The molecule has 4 nitrogen and oxygen atoms in total. The second-order valence-electron chi connectivity index (χ2n) is 4.89. The second-order valence-corrected chi connectivity index (χ2v) is 6.51. The van der Waals surface area contributed by atoms with Gasteiger partial charge in [-0.2, -0.15) is 25.2 Å². The molecule has 8 heteroatoms. The highest BCUT2D eigenvalue weighted by molar-refractivity contribution is 7.08. The summed E-state index contributed by atoms with van der Waals surface area (Å²) in [4.78, 5) is 5.23. The Kier molecular flexibility index (Phi) is 5.72. The summed E-state index contributed by atoms with van der Waals surface area (Å²) in [6.45, 7) is -0.222. The van der Waals surface area contributed by atoms with Crippen LogP contribution in [0.15, 0.2) is 56.6 Å². The minimum atomic E-state index is -2.83. The molecular weight excluding hydrogens is 364 g/mol. The van der Waals surface area contributed by atoms with Gasteiger partial charge in [0.15, 0.2) is 0 Å². The first kappa shape index (κ1) is 17.5. The topological polar surface area (TPSA) is 38.9 Å². The fourth-order valence-corrected chi connectivity index (χ4v) is 3.65. The Balaban J connectivity index is 1.97. The molecule has 3 rings (SSSR count). The van der Waals surface area contributed by atoms with Crippen LogP contribution >= 0.6 is 22.7 Å². The molecule has 0 fully saturated rings. The van der Waals surface area contributed by atoms with Crippen molar-refractivity contribution in [3.8, 4) is 17.0 Å². The molecule has 0 N–H and O–H groups in total. The van der Waals surface area contributed by atoms with Crippen molar-refractivity contribution in [3.05, 3.63) is 56.8 Å². The molecule has 25 heavy (non-hydrogen) atoms. The number of benzene rings is 1. The summed E-state index contributed by atoms with van der Waals surface area (Å²) < 4.78 is 30.7. The maximum atomic E-state index is 12.3. The van der Waals surface area contributed by atoms with E-state index in [2.05, 4.69) is 14.8 Å². The van der Waals surface area contributed by atoms with E-state index >= 15 is 0 Å². The average molecular weight is 379 g/mol. The molecule has 0 saturated heterocycles. The third kappa shape index (κ3) is 4.40. The summed E-state index contributed by atoms with van der Waals surface area (Å²) in [5.41, 5.74) is 2.70. The maximum absolute atomic E-state index is 12.3. The SMILES string of the molecule is CCN=c1scc(-c2ccc(OC(F)F)cc2)n1/N=C/c1ccsc1. The number of thiazole rings is 1. The zero-order chi connectivity index (χ0) is 17.6. The number of rotatable bonds is 6. The highest BCUT2D eigenvalue weighted by Crippen LogP contribution is 2.24. The van der Waals surface area contributed by atoms with Crippen molar-refractivity contribution in [3.63, 3.8) is 0 Å². The van der Waals surface area contributed by atoms with E-state index in [1.165, 1.54) is 23.5 Å². The van der Waals surface area contributed by atoms with Crippen LogP contribution in [0.3, 0.4) is 0 Å². The molecule has 0 aliphatic carbocycles. The molecule has 0 atom stereocenters. The third-order valence-electron chi connectivity index (χ3n) is 3.22. The van der Waals surface area contributed by atoms with E-state index in [1.54, 1.807) is 34.4 Å². The molecule has 2 heterocycles. The molecular formula is C17H15F2N3OS2. The van der Waals surface area contributed by atoms with Crippen molar-refractivity contribution < 1.29 is 13.5 Å². The lowest BCUT2D eigenvalue weighted by atomic mass is 10.2. The molecule has 0 aliphatic heterocycles. The largest absolute Gasteiger partial charge is 0.435 e. The Hall–Kier alpha value is -2.32. The Morgan fingerprint density at radius 3 is 2.64 bits per heavy atom. The standard InChI is InChI=1S/C17H15F2N3OS2/c1-2-20-17-22(21-9-12-7-8-24-10-12)15(11-25-17)13-3-5-14(6-4-13)23-16(18)19/h3-11,16H,2H2,1H3/b20-17?,21-9+. The summed E-state index contributed by atoms with van der Waals surface area (Å²) in [6, 6.07) is 8.47. The smallest absolute Gasteiger partial charge is 0.387 e. The van der Waals surface area contributed by atoms with Gasteiger partial charge in [0.1, 0.15) is 5.75 Å². The van der Waals surface area contributed by atoms with Gasteiger partial charge in [-0.15, -0.1) is 11.3 Å². The van der Waals surface area contributed by atoms with Gasteiger partial charge in [0.2, 0.25) is 4.80 Å². The molecule has 0 amide bonds. The zero-order valence-corrected chi connectivity index (χ0v) is 14.9. The van der Waals surface area contributed by atoms with Crippen LogP contribution in [-0.4, -0.2) is 24.0 Å². The van der Waals surface area contributed by atoms with Gasteiger partial charge in [0, 0.05) is 23.1 Å². The Bertz CT molecular complexity index is 897. The van der Waals surface area contributed by atoms with E-state index < -0.39 is 6.61 Å². The van der Waals surface area contributed by atoms with Crippen molar-refractivity contribution in [2.24, 2.45) is 10.1 Å². The van der Waals surface area contributed by atoms with Crippen molar-refractivity contribution in [2.45, 2.75) is 13.5 Å². The predicted molar refractivity (Wildman–Crippen MR) is 97.8 cm³/mol. The van der Waals surface area contributed by atoms with Gasteiger partial charge in [-0.1, -0.05) is 0 Å². The number of aromatic nitrogens is 1. The van der Waals surface area contributed by atoms with Crippen molar-refractivity contribution in [1.82, 2.24) is 4.68 Å². The number of nitrogens with zero attached hydrogens (tertiary/aromatic N) is 3. The lowest BCUT2D eigenvalue weighted by molar-refractivity contribution is -0.0498. The van der Waals surface area contributed by atoms with Crippen LogP contribution in [0, 0.1) is 0 Å². The molecule has 130 valence electrons. The maximum Gasteiger partial charge on any atom is 0.387 e. The van der Waals surface area contributed by atoms with E-state index in [0.717, 1.165) is 21.6 Å². The molecule has 0 saturated carbocycles. The summed E-state index contributed by atoms with van der Waals surface area (Å²) >= 11 is 3.08. The molecule has 0 spiro atoms. The van der Waals surface area contributed by atoms with E-state index in [0.29, 0.717) is 6.54 Å².